The van der Waals surface area contributed by atoms with Gasteiger partial charge >= 0.3 is 0 Å². The standard InChI is InChI=1S/C38H23N5S/c1-2-11-27(12-3-1)43-32-18-16-26(22-30(32)35-33(43)19-17-29-28-13-4-5-15-34(28)44-36(29)35)38-41-23-40-37(42-38)25-10-8-9-24(21-25)31-14-6-7-20-39-31/h1-23H. The molecule has 5 nitrogen and oxygen atoms in total. The van der Waals surface area contributed by atoms with Crippen LogP contribution in [0.15, 0.2) is 140 Å². The van der Waals surface area contributed by atoms with Crippen molar-refractivity contribution in [2.75, 3.05) is 0 Å². The minimum absolute atomic E-state index is 0.631. The summed E-state index contributed by atoms with van der Waals surface area (Å²) in [6.07, 6.45) is 3.41. The number of thiophene rings is 1. The zero-order valence-corrected chi connectivity index (χ0v) is 24.2. The maximum atomic E-state index is 4.95. The molecule has 0 bridgehead atoms. The molecule has 0 saturated heterocycles. The highest BCUT2D eigenvalue weighted by Gasteiger charge is 2.19. The third kappa shape index (κ3) is 3.92. The van der Waals surface area contributed by atoms with Crippen LogP contribution in [0, 0.1) is 0 Å². The summed E-state index contributed by atoms with van der Waals surface area (Å²) in [5.41, 5.74) is 7.28. The predicted molar refractivity (Wildman–Crippen MR) is 181 cm³/mol. The van der Waals surface area contributed by atoms with E-state index in [9.17, 15) is 0 Å². The Hall–Kier alpha value is -5.72. The van der Waals surface area contributed by atoms with E-state index in [1.165, 1.54) is 36.5 Å². The van der Waals surface area contributed by atoms with Crippen molar-refractivity contribution in [3.05, 3.63) is 140 Å². The van der Waals surface area contributed by atoms with Gasteiger partial charge in [-0.25, -0.2) is 15.0 Å². The molecule has 4 heterocycles. The summed E-state index contributed by atoms with van der Waals surface area (Å²) in [6.45, 7) is 0. The van der Waals surface area contributed by atoms with E-state index in [1.807, 2.05) is 41.7 Å². The lowest BCUT2D eigenvalue weighted by Gasteiger charge is -2.08. The summed E-state index contributed by atoms with van der Waals surface area (Å²) in [5, 5.41) is 5.01. The number of aromatic nitrogens is 5. The van der Waals surface area contributed by atoms with E-state index in [4.69, 9.17) is 4.98 Å². The first-order chi connectivity index (χ1) is 21.8. The number of para-hydroxylation sites is 1. The van der Waals surface area contributed by atoms with Gasteiger partial charge in [-0.15, -0.1) is 11.3 Å². The molecular formula is C38H23N5S. The number of rotatable bonds is 4. The number of fused-ring (bicyclic) bond motifs is 7. The van der Waals surface area contributed by atoms with Crippen molar-refractivity contribution < 1.29 is 0 Å². The molecule has 6 heteroatoms. The van der Waals surface area contributed by atoms with Crippen LogP contribution in [0.5, 0.6) is 0 Å². The van der Waals surface area contributed by atoms with Crippen molar-refractivity contribution >= 4 is 53.3 Å². The molecule has 0 fully saturated rings. The number of pyridine rings is 1. The summed E-state index contributed by atoms with van der Waals surface area (Å²) in [5.74, 6) is 1.27. The number of nitrogens with zero attached hydrogens (tertiary/aromatic N) is 5. The van der Waals surface area contributed by atoms with Crippen molar-refractivity contribution in [3.8, 4) is 39.7 Å². The molecule has 206 valence electrons. The minimum Gasteiger partial charge on any atom is -0.309 e. The van der Waals surface area contributed by atoms with Crippen LogP contribution >= 0.6 is 11.3 Å². The number of hydrogen-bond donors (Lipinski definition) is 0. The van der Waals surface area contributed by atoms with Gasteiger partial charge < -0.3 is 4.57 Å². The fourth-order valence-corrected chi connectivity index (χ4v) is 7.47. The van der Waals surface area contributed by atoms with Gasteiger partial charge in [0.2, 0.25) is 0 Å². The van der Waals surface area contributed by atoms with Crippen molar-refractivity contribution in [2.45, 2.75) is 0 Å². The van der Waals surface area contributed by atoms with Gasteiger partial charge in [0.05, 0.1) is 16.7 Å². The average molecular weight is 582 g/mol. The molecule has 0 aliphatic heterocycles. The van der Waals surface area contributed by atoms with E-state index in [-0.39, 0.29) is 0 Å². The molecule has 9 rings (SSSR count). The minimum atomic E-state index is 0.631. The van der Waals surface area contributed by atoms with E-state index in [0.717, 1.165) is 33.6 Å². The summed E-state index contributed by atoms with van der Waals surface area (Å²) in [6, 6.07) is 44.4. The second-order valence-corrected chi connectivity index (χ2v) is 11.8. The monoisotopic (exact) mass is 581 g/mol. The van der Waals surface area contributed by atoms with Crippen LogP contribution in [0.4, 0.5) is 0 Å². The van der Waals surface area contributed by atoms with Gasteiger partial charge in [0, 0.05) is 59.5 Å². The van der Waals surface area contributed by atoms with Crippen LogP contribution in [-0.4, -0.2) is 24.5 Å². The molecular weight excluding hydrogens is 559 g/mol. The molecule has 0 radical (unpaired) electrons. The molecule has 0 N–H and O–H groups in total. The fraction of sp³-hybridized carbons (Fsp3) is 0. The van der Waals surface area contributed by atoms with E-state index < -0.39 is 0 Å². The van der Waals surface area contributed by atoms with Crippen molar-refractivity contribution in [3.63, 3.8) is 0 Å². The second-order valence-electron chi connectivity index (χ2n) is 10.8. The molecule has 44 heavy (non-hydrogen) atoms. The fourth-order valence-electron chi connectivity index (χ4n) is 6.21. The highest BCUT2D eigenvalue weighted by Crippen LogP contribution is 2.44. The maximum absolute atomic E-state index is 4.95. The third-order valence-electron chi connectivity index (χ3n) is 8.20. The van der Waals surface area contributed by atoms with Gasteiger partial charge in [0.25, 0.3) is 0 Å². The quantitative estimate of drug-likeness (QED) is 0.208. The largest absolute Gasteiger partial charge is 0.309 e. The first-order valence-electron chi connectivity index (χ1n) is 14.5. The van der Waals surface area contributed by atoms with Crippen LogP contribution in [0.1, 0.15) is 0 Å². The maximum Gasteiger partial charge on any atom is 0.163 e. The summed E-state index contributed by atoms with van der Waals surface area (Å²) in [7, 11) is 0. The first-order valence-corrected chi connectivity index (χ1v) is 15.3. The van der Waals surface area contributed by atoms with E-state index in [2.05, 4.69) is 117 Å². The lowest BCUT2D eigenvalue weighted by molar-refractivity contribution is 1.07. The summed E-state index contributed by atoms with van der Waals surface area (Å²) in [4.78, 5) is 18.6. The van der Waals surface area contributed by atoms with Crippen LogP contribution in [0.25, 0.3) is 81.7 Å². The Morgan fingerprint density at radius 1 is 0.523 bits per heavy atom. The molecule has 5 aromatic carbocycles. The molecule has 0 saturated carbocycles. The van der Waals surface area contributed by atoms with E-state index in [1.54, 1.807) is 12.5 Å². The number of hydrogen-bond acceptors (Lipinski definition) is 5. The number of benzene rings is 5. The molecule has 0 amide bonds. The van der Waals surface area contributed by atoms with Crippen molar-refractivity contribution in [1.82, 2.24) is 24.5 Å². The Morgan fingerprint density at radius 2 is 1.30 bits per heavy atom. The van der Waals surface area contributed by atoms with Gasteiger partial charge in [0.15, 0.2) is 11.6 Å². The first kappa shape index (κ1) is 24.8. The van der Waals surface area contributed by atoms with Gasteiger partial charge in [-0.2, -0.15) is 0 Å². The smallest absolute Gasteiger partial charge is 0.163 e. The molecule has 0 aliphatic carbocycles. The van der Waals surface area contributed by atoms with Gasteiger partial charge in [-0.05, 0) is 60.7 Å². The van der Waals surface area contributed by atoms with Gasteiger partial charge in [-0.3, -0.25) is 4.98 Å². The van der Waals surface area contributed by atoms with Crippen LogP contribution < -0.4 is 0 Å². The Kier molecular flexibility index (Phi) is 5.61. The lowest BCUT2D eigenvalue weighted by atomic mass is 10.1. The third-order valence-corrected chi connectivity index (χ3v) is 9.40. The van der Waals surface area contributed by atoms with Crippen LogP contribution in [-0.2, 0) is 0 Å². The van der Waals surface area contributed by atoms with Crippen LogP contribution in [0.3, 0.4) is 0 Å². The van der Waals surface area contributed by atoms with Crippen molar-refractivity contribution in [1.29, 1.82) is 0 Å². The second kappa shape index (κ2) is 9.93. The predicted octanol–water partition coefficient (Wildman–Crippen LogP) is 9.73. The Morgan fingerprint density at radius 3 is 2.16 bits per heavy atom. The zero-order valence-electron chi connectivity index (χ0n) is 23.4. The lowest BCUT2D eigenvalue weighted by Crippen LogP contribution is -1.96. The van der Waals surface area contributed by atoms with Gasteiger partial charge in [-0.1, -0.05) is 66.7 Å². The van der Waals surface area contributed by atoms with Gasteiger partial charge in [0.1, 0.15) is 6.33 Å². The van der Waals surface area contributed by atoms with E-state index in [0.29, 0.717) is 11.6 Å². The molecule has 0 aliphatic rings. The average Bonchev–Trinajstić information content (AvgIpc) is 3.64. The Labute approximate surface area is 256 Å². The molecule has 0 atom stereocenters. The highest BCUT2D eigenvalue weighted by molar-refractivity contribution is 7.26. The molecule has 9 aromatic rings. The summed E-state index contributed by atoms with van der Waals surface area (Å²) >= 11 is 1.86. The zero-order chi connectivity index (χ0) is 29.0. The Bertz CT molecular complexity index is 2500. The normalized spacial score (nSPS) is 11.6. The molecule has 0 unspecified atom stereocenters. The molecule has 0 spiro atoms. The van der Waals surface area contributed by atoms with Crippen molar-refractivity contribution in [2.24, 2.45) is 0 Å². The highest BCUT2D eigenvalue weighted by atomic mass is 32.1. The molecule has 4 aromatic heterocycles. The summed E-state index contributed by atoms with van der Waals surface area (Å²) < 4.78 is 4.95. The van der Waals surface area contributed by atoms with E-state index >= 15 is 0 Å². The topological polar surface area (TPSA) is 56.5 Å². The SMILES string of the molecule is c1ccc(-n2c3ccc(-c4ncnc(-c5cccc(-c6ccccn6)c5)n4)cc3c3c4sc5ccccc5c4ccc32)cc1. The van der Waals surface area contributed by atoms with Crippen LogP contribution in [0.2, 0.25) is 0 Å². The Balaban J connectivity index is 1.25.